The van der Waals surface area contributed by atoms with Crippen LogP contribution in [0.1, 0.15) is 33.3 Å². The Balaban J connectivity index is 2.73. The number of halogens is 3. The lowest BCUT2D eigenvalue weighted by molar-refractivity contribution is -0.136. The molecule has 4 nitrogen and oxygen atoms in total. The van der Waals surface area contributed by atoms with Crippen LogP contribution in [0.2, 0.25) is 0 Å². The van der Waals surface area contributed by atoms with Crippen LogP contribution in [-0.2, 0) is 6.18 Å². The number of anilines is 1. The molecule has 0 aliphatic rings. The van der Waals surface area contributed by atoms with E-state index in [0.717, 1.165) is 6.07 Å². The summed E-state index contributed by atoms with van der Waals surface area (Å²) in [6, 6.07) is 3.89. The van der Waals surface area contributed by atoms with Crippen molar-refractivity contribution in [2.24, 2.45) is 0 Å². The summed E-state index contributed by atoms with van der Waals surface area (Å²) in [6.07, 6.45) is -4.79. The van der Waals surface area contributed by atoms with Crippen molar-refractivity contribution in [3.63, 3.8) is 0 Å². The molecule has 24 heavy (non-hydrogen) atoms. The molecule has 1 N–H and O–H groups in total. The predicted molar refractivity (Wildman–Crippen MR) is 87.8 cm³/mol. The lowest BCUT2D eigenvalue weighted by Crippen LogP contribution is -2.13. The molecule has 1 aromatic heterocycles. The number of ether oxygens (including phenoxy) is 2. The Hall–Kier alpha value is -2.18. The zero-order valence-electron chi connectivity index (χ0n) is 14.3. The number of nitrogens with one attached hydrogen (secondary N) is 1. The molecule has 1 aromatic carbocycles. The maximum Gasteiger partial charge on any atom is 0.417 e. The van der Waals surface area contributed by atoms with E-state index in [2.05, 4.69) is 10.3 Å². The van der Waals surface area contributed by atoms with Crippen molar-refractivity contribution in [1.29, 1.82) is 0 Å². The molecule has 0 aliphatic carbocycles. The van der Waals surface area contributed by atoms with E-state index in [1.165, 1.54) is 19.2 Å². The van der Waals surface area contributed by atoms with Crippen LogP contribution in [0.4, 0.5) is 18.9 Å². The SMILES string of the molecule is COc1cc2nc(OC(C)C)cc(C(F)(F)F)c2cc1NC(C)C. The van der Waals surface area contributed by atoms with Gasteiger partial charge in [-0.1, -0.05) is 0 Å². The minimum atomic E-state index is -4.51. The predicted octanol–water partition coefficient (Wildman–Crippen LogP) is 4.87. The molecule has 0 spiro atoms. The second-order valence-electron chi connectivity index (χ2n) is 6.04. The van der Waals surface area contributed by atoms with E-state index < -0.39 is 11.7 Å². The van der Waals surface area contributed by atoms with Crippen LogP contribution >= 0.6 is 0 Å². The molecule has 0 fully saturated rings. The van der Waals surface area contributed by atoms with Gasteiger partial charge in [-0.25, -0.2) is 4.98 Å². The Morgan fingerprint density at radius 3 is 2.25 bits per heavy atom. The van der Waals surface area contributed by atoms with Crippen LogP contribution in [0, 0.1) is 0 Å². The largest absolute Gasteiger partial charge is 0.495 e. The molecule has 2 rings (SSSR count). The van der Waals surface area contributed by atoms with E-state index in [1.54, 1.807) is 13.8 Å². The van der Waals surface area contributed by atoms with Crippen molar-refractivity contribution in [1.82, 2.24) is 4.98 Å². The molecular weight excluding hydrogens is 321 g/mol. The zero-order chi connectivity index (χ0) is 18.1. The van der Waals surface area contributed by atoms with Gasteiger partial charge in [0.25, 0.3) is 0 Å². The Morgan fingerprint density at radius 1 is 1.08 bits per heavy atom. The number of pyridine rings is 1. The van der Waals surface area contributed by atoms with Gasteiger partial charge in [0.1, 0.15) is 5.75 Å². The highest BCUT2D eigenvalue weighted by Gasteiger charge is 2.34. The van der Waals surface area contributed by atoms with Gasteiger partial charge in [-0.05, 0) is 33.8 Å². The van der Waals surface area contributed by atoms with Crippen molar-refractivity contribution < 1.29 is 22.6 Å². The molecule has 0 aliphatic heterocycles. The van der Waals surface area contributed by atoms with Crippen molar-refractivity contribution >= 4 is 16.6 Å². The van der Waals surface area contributed by atoms with Gasteiger partial charge in [-0.2, -0.15) is 13.2 Å². The van der Waals surface area contributed by atoms with Gasteiger partial charge in [0.15, 0.2) is 0 Å². The normalized spacial score (nSPS) is 12.1. The minimum absolute atomic E-state index is 0.00237. The van der Waals surface area contributed by atoms with Gasteiger partial charge in [-0.15, -0.1) is 0 Å². The van der Waals surface area contributed by atoms with Crippen molar-refractivity contribution in [2.75, 3.05) is 12.4 Å². The zero-order valence-corrected chi connectivity index (χ0v) is 14.3. The number of hydrogen-bond donors (Lipinski definition) is 1. The highest BCUT2D eigenvalue weighted by Crippen LogP contribution is 2.40. The van der Waals surface area contributed by atoms with E-state index >= 15 is 0 Å². The van der Waals surface area contributed by atoms with Gasteiger partial charge in [0, 0.05) is 23.6 Å². The highest BCUT2D eigenvalue weighted by atomic mass is 19.4. The number of hydrogen-bond acceptors (Lipinski definition) is 4. The van der Waals surface area contributed by atoms with Gasteiger partial charge in [0.05, 0.1) is 30.0 Å². The summed E-state index contributed by atoms with van der Waals surface area (Å²) in [5.74, 6) is 0.370. The molecule has 0 bridgehead atoms. The average molecular weight is 342 g/mol. The quantitative estimate of drug-likeness (QED) is 0.842. The first-order valence-electron chi connectivity index (χ1n) is 7.65. The number of fused-ring (bicyclic) bond motifs is 1. The topological polar surface area (TPSA) is 43.4 Å². The van der Waals surface area contributed by atoms with E-state index in [1.807, 2.05) is 13.8 Å². The number of alkyl halides is 3. The van der Waals surface area contributed by atoms with E-state index in [4.69, 9.17) is 9.47 Å². The Bertz CT molecular complexity index is 728. The maximum absolute atomic E-state index is 13.5. The summed E-state index contributed by atoms with van der Waals surface area (Å²) in [5, 5.41) is 3.09. The second kappa shape index (κ2) is 6.75. The Kier molecular flexibility index (Phi) is 5.11. The van der Waals surface area contributed by atoms with E-state index in [9.17, 15) is 13.2 Å². The van der Waals surface area contributed by atoms with Crippen LogP contribution in [0.5, 0.6) is 11.6 Å². The number of methoxy groups -OCH3 is 1. The third kappa shape index (κ3) is 4.01. The fourth-order valence-electron chi connectivity index (χ4n) is 2.36. The number of benzene rings is 1. The van der Waals surface area contributed by atoms with E-state index in [0.29, 0.717) is 11.4 Å². The molecule has 0 radical (unpaired) electrons. The monoisotopic (exact) mass is 342 g/mol. The van der Waals surface area contributed by atoms with Crippen LogP contribution in [0.25, 0.3) is 10.9 Å². The maximum atomic E-state index is 13.5. The highest BCUT2D eigenvalue weighted by molar-refractivity contribution is 5.89. The molecule has 132 valence electrons. The van der Waals surface area contributed by atoms with Crippen molar-refractivity contribution in [3.8, 4) is 11.6 Å². The minimum Gasteiger partial charge on any atom is -0.495 e. The molecule has 0 saturated heterocycles. The first-order valence-corrected chi connectivity index (χ1v) is 7.65. The van der Waals surface area contributed by atoms with Crippen molar-refractivity contribution in [2.45, 2.75) is 46.0 Å². The van der Waals surface area contributed by atoms with Crippen LogP contribution in [-0.4, -0.2) is 24.2 Å². The molecule has 1 heterocycles. The summed E-state index contributed by atoms with van der Waals surface area (Å²) in [4.78, 5) is 4.19. The number of rotatable bonds is 5. The van der Waals surface area contributed by atoms with Crippen molar-refractivity contribution in [3.05, 3.63) is 23.8 Å². The van der Waals surface area contributed by atoms with Crippen LogP contribution in [0.3, 0.4) is 0 Å². The van der Waals surface area contributed by atoms with Gasteiger partial charge >= 0.3 is 6.18 Å². The van der Waals surface area contributed by atoms with Gasteiger partial charge in [-0.3, -0.25) is 0 Å². The first kappa shape index (κ1) is 18.2. The molecule has 2 aromatic rings. The Morgan fingerprint density at radius 2 is 1.75 bits per heavy atom. The fourth-order valence-corrected chi connectivity index (χ4v) is 2.36. The summed E-state index contributed by atoms with van der Waals surface area (Å²) in [7, 11) is 1.46. The Labute approximate surface area is 139 Å². The number of aromatic nitrogens is 1. The summed E-state index contributed by atoms with van der Waals surface area (Å²) in [6.45, 7) is 7.25. The second-order valence-corrected chi connectivity index (χ2v) is 6.04. The lowest BCUT2D eigenvalue weighted by atomic mass is 10.1. The first-order chi connectivity index (χ1) is 11.1. The summed E-state index contributed by atoms with van der Waals surface area (Å²) >= 11 is 0. The van der Waals surface area contributed by atoms with Crippen LogP contribution < -0.4 is 14.8 Å². The third-order valence-electron chi connectivity index (χ3n) is 3.21. The third-order valence-corrected chi connectivity index (χ3v) is 3.21. The average Bonchev–Trinajstić information content (AvgIpc) is 2.43. The summed E-state index contributed by atoms with van der Waals surface area (Å²) in [5.41, 5.74) is -0.117. The molecule has 0 amide bonds. The van der Waals surface area contributed by atoms with E-state index in [-0.39, 0.29) is 28.9 Å². The standard InChI is InChI=1S/C17H21F3N2O2/c1-9(2)21-14-6-11-12(17(18,19)20)7-16(24-10(3)4)22-13(11)8-15(14)23-5/h6-10,21H,1-5H3. The molecule has 0 unspecified atom stereocenters. The molecule has 0 atom stereocenters. The summed E-state index contributed by atoms with van der Waals surface area (Å²) < 4.78 is 51.1. The fraction of sp³-hybridized carbons (Fsp3) is 0.471. The molecule has 0 saturated carbocycles. The lowest BCUT2D eigenvalue weighted by Gasteiger charge is -2.18. The van der Waals surface area contributed by atoms with Crippen LogP contribution in [0.15, 0.2) is 18.2 Å². The smallest absolute Gasteiger partial charge is 0.417 e. The molecular formula is C17H21F3N2O2. The van der Waals surface area contributed by atoms with Gasteiger partial charge in [0.2, 0.25) is 5.88 Å². The number of nitrogens with zero attached hydrogens (tertiary/aromatic N) is 1. The van der Waals surface area contributed by atoms with Gasteiger partial charge < -0.3 is 14.8 Å². The molecule has 7 heteroatoms.